The van der Waals surface area contributed by atoms with Gasteiger partial charge in [-0.3, -0.25) is 4.79 Å². The third-order valence-electron chi connectivity index (χ3n) is 4.11. The molecule has 24 heavy (non-hydrogen) atoms. The number of anilines is 1. The average Bonchev–Trinajstić information content (AvgIpc) is 3.28. The zero-order valence-electron chi connectivity index (χ0n) is 13.0. The normalized spacial score (nSPS) is 14.7. The quantitative estimate of drug-likeness (QED) is 0.789. The number of carbonyl (C=O) groups excluding carboxylic acids is 2. The lowest BCUT2D eigenvalue weighted by Crippen LogP contribution is -2.41. The van der Waals surface area contributed by atoms with Crippen molar-refractivity contribution in [3.8, 4) is 0 Å². The Morgan fingerprint density at radius 1 is 1.12 bits per heavy atom. The summed E-state index contributed by atoms with van der Waals surface area (Å²) in [4.78, 5) is 23.3. The van der Waals surface area contributed by atoms with E-state index in [1.54, 1.807) is 0 Å². The molecule has 1 fully saturated rings. The third kappa shape index (κ3) is 3.71. The number of nitrogens with two attached hydrogens (primary N) is 1. The van der Waals surface area contributed by atoms with Crippen LogP contribution in [0.25, 0.3) is 0 Å². The molecule has 1 aliphatic rings. The molecule has 0 saturated heterocycles. The van der Waals surface area contributed by atoms with Crippen LogP contribution < -0.4 is 16.4 Å². The molecular formula is C18H18FN3O2. The Kier molecular flexibility index (Phi) is 4.20. The number of hydrogen-bond acceptors (Lipinski definition) is 2. The Morgan fingerprint density at radius 3 is 2.46 bits per heavy atom. The van der Waals surface area contributed by atoms with E-state index < -0.39 is 11.7 Å². The van der Waals surface area contributed by atoms with Gasteiger partial charge in [0, 0.05) is 11.2 Å². The summed E-state index contributed by atoms with van der Waals surface area (Å²) in [7, 11) is 0. The highest BCUT2D eigenvalue weighted by molar-refractivity contribution is 5.96. The summed E-state index contributed by atoms with van der Waals surface area (Å²) >= 11 is 0. The number of rotatable bonds is 5. The fourth-order valence-corrected chi connectivity index (χ4v) is 2.68. The van der Waals surface area contributed by atoms with Gasteiger partial charge < -0.3 is 16.4 Å². The first-order valence-corrected chi connectivity index (χ1v) is 7.70. The van der Waals surface area contributed by atoms with Crippen LogP contribution in [0.1, 0.15) is 28.8 Å². The second-order valence-corrected chi connectivity index (χ2v) is 6.08. The molecule has 0 unspecified atom stereocenters. The standard InChI is InChI=1S/C18H18FN3O2/c19-15-7-6-13(10-14(15)16(20)23)21-17(24)22-18(8-9-18)11-12-4-2-1-3-5-12/h1-7,10H,8-9,11H2,(H2,20,23)(H2,21,22,24). The molecule has 0 aromatic heterocycles. The van der Waals surface area contributed by atoms with Crippen molar-refractivity contribution in [2.45, 2.75) is 24.8 Å². The third-order valence-corrected chi connectivity index (χ3v) is 4.11. The van der Waals surface area contributed by atoms with Gasteiger partial charge in [0.1, 0.15) is 5.82 Å². The van der Waals surface area contributed by atoms with E-state index in [-0.39, 0.29) is 17.1 Å². The van der Waals surface area contributed by atoms with E-state index in [1.807, 2.05) is 30.3 Å². The molecule has 0 heterocycles. The van der Waals surface area contributed by atoms with Crippen molar-refractivity contribution in [1.29, 1.82) is 0 Å². The zero-order valence-corrected chi connectivity index (χ0v) is 13.0. The SMILES string of the molecule is NC(=O)c1cc(NC(=O)NC2(Cc3ccccc3)CC2)ccc1F. The second-order valence-electron chi connectivity index (χ2n) is 6.08. The van der Waals surface area contributed by atoms with Crippen molar-refractivity contribution in [3.05, 3.63) is 65.5 Å². The Hall–Kier alpha value is -2.89. The molecule has 0 spiro atoms. The second kappa shape index (κ2) is 6.31. The van der Waals surface area contributed by atoms with Gasteiger partial charge in [-0.15, -0.1) is 0 Å². The van der Waals surface area contributed by atoms with Crippen molar-refractivity contribution >= 4 is 17.6 Å². The molecule has 3 amide bonds. The molecule has 0 aliphatic heterocycles. The maximum absolute atomic E-state index is 13.5. The molecule has 4 N–H and O–H groups in total. The number of primary amides is 1. The van der Waals surface area contributed by atoms with E-state index in [0.29, 0.717) is 5.69 Å². The maximum Gasteiger partial charge on any atom is 0.319 e. The molecule has 3 rings (SSSR count). The summed E-state index contributed by atoms with van der Waals surface area (Å²) in [6.45, 7) is 0. The number of carbonyl (C=O) groups is 2. The first kappa shape index (κ1) is 16.0. The number of nitrogens with one attached hydrogen (secondary N) is 2. The predicted octanol–water partition coefficient (Wildman–Crippen LogP) is 2.82. The topological polar surface area (TPSA) is 84.2 Å². The monoisotopic (exact) mass is 327 g/mol. The van der Waals surface area contributed by atoms with Crippen LogP contribution in [-0.2, 0) is 6.42 Å². The summed E-state index contributed by atoms with van der Waals surface area (Å²) in [5.74, 6) is -1.59. The minimum atomic E-state index is -0.876. The highest BCUT2D eigenvalue weighted by Gasteiger charge is 2.43. The van der Waals surface area contributed by atoms with Crippen LogP contribution in [0, 0.1) is 5.82 Å². The number of amides is 3. The van der Waals surface area contributed by atoms with Gasteiger partial charge in [-0.25, -0.2) is 9.18 Å². The van der Waals surface area contributed by atoms with Crippen molar-refractivity contribution in [3.63, 3.8) is 0 Å². The Labute approximate surface area is 139 Å². The number of hydrogen-bond donors (Lipinski definition) is 3. The minimum Gasteiger partial charge on any atom is -0.366 e. The van der Waals surface area contributed by atoms with Gasteiger partial charge >= 0.3 is 6.03 Å². The molecule has 6 heteroatoms. The summed E-state index contributed by atoms with van der Waals surface area (Å²) in [5, 5.41) is 5.59. The molecule has 2 aromatic rings. The Bertz CT molecular complexity index is 773. The first-order valence-electron chi connectivity index (χ1n) is 7.70. The molecule has 0 bridgehead atoms. The smallest absolute Gasteiger partial charge is 0.319 e. The van der Waals surface area contributed by atoms with Crippen LogP contribution >= 0.6 is 0 Å². The van der Waals surface area contributed by atoms with Crippen LogP contribution in [0.2, 0.25) is 0 Å². The molecule has 0 radical (unpaired) electrons. The minimum absolute atomic E-state index is 0.238. The van der Waals surface area contributed by atoms with Gasteiger partial charge in [0.2, 0.25) is 0 Å². The molecule has 0 atom stereocenters. The van der Waals surface area contributed by atoms with Crippen LogP contribution in [0.4, 0.5) is 14.9 Å². The van der Waals surface area contributed by atoms with Gasteiger partial charge in [0.15, 0.2) is 0 Å². The number of halogens is 1. The van der Waals surface area contributed by atoms with E-state index in [2.05, 4.69) is 10.6 Å². The summed E-state index contributed by atoms with van der Waals surface area (Å²) in [6, 6.07) is 13.3. The average molecular weight is 327 g/mol. The van der Waals surface area contributed by atoms with Gasteiger partial charge in [-0.1, -0.05) is 30.3 Å². The van der Waals surface area contributed by atoms with Gasteiger partial charge in [-0.2, -0.15) is 0 Å². The van der Waals surface area contributed by atoms with E-state index >= 15 is 0 Å². The summed E-state index contributed by atoms with van der Waals surface area (Å²) in [6.07, 6.45) is 2.58. The fraction of sp³-hybridized carbons (Fsp3) is 0.222. The van der Waals surface area contributed by atoms with Crippen molar-refractivity contribution in [1.82, 2.24) is 5.32 Å². The highest BCUT2D eigenvalue weighted by atomic mass is 19.1. The molecule has 1 saturated carbocycles. The largest absolute Gasteiger partial charge is 0.366 e. The lowest BCUT2D eigenvalue weighted by Gasteiger charge is -2.18. The van der Waals surface area contributed by atoms with Crippen molar-refractivity contribution in [2.75, 3.05) is 5.32 Å². The van der Waals surface area contributed by atoms with E-state index in [0.717, 1.165) is 30.9 Å². The Morgan fingerprint density at radius 2 is 1.83 bits per heavy atom. The zero-order chi connectivity index (χ0) is 17.2. The van der Waals surface area contributed by atoms with E-state index in [9.17, 15) is 14.0 Å². The van der Waals surface area contributed by atoms with Crippen LogP contribution in [0.3, 0.4) is 0 Å². The molecular weight excluding hydrogens is 309 g/mol. The highest BCUT2D eigenvalue weighted by Crippen LogP contribution is 2.38. The van der Waals surface area contributed by atoms with Crippen molar-refractivity contribution in [2.24, 2.45) is 5.73 Å². The molecule has 1 aliphatic carbocycles. The van der Waals surface area contributed by atoms with E-state index in [1.165, 1.54) is 12.1 Å². The lowest BCUT2D eigenvalue weighted by molar-refractivity contribution is 0.0996. The molecule has 2 aromatic carbocycles. The maximum atomic E-state index is 13.5. The van der Waals surface area contributed by atoms with Crippen molar-refractivity contribution < 1.29 is 14.0 Å². The van der Waals surface area contributed by atoms with Gasteiger partial charge in [0.05, 0.1) is 5.56 Å². The van der Waals surface area contributed by atoms with Gasteiger partial charge in [-0.05, 0) is 43.0 Å². The van der Waals surface area contributed by atoms with Crippen LogP contribution in [-0.4, -0.2) is 17.5 Å². The lowest BCUT2D eigenvalue weighted by atomic mass is 10.0. The number of urea groups is 1. The predicted molar refractivity (Wildman–Crippen MR) is 89.2 cm³/mol. The van der Waals surface area contributed by atoms with Gasteiger partial charge in [0.25, 0.3) is 5.91 Å². The molecule has 5 nitrogen and oxygen atoms in total. The fourth-order valence-electron chi connectivity index (χ4n) is 2.68. The van der Waals surface area contributed by atoms with Crippen LogP contribution in [0.15, 0.2) is 48.5 Å². The Balaban J connectivity index is 1.64. The molecule has 124 valence electrons. The van der Waals surface area contributed by atoms with Crippen LogP contribution in [0.5, 0.6) is 0 Å². The summed E-state index contributed by atoms with van der Waals surface area (Å²) in [5.41, 5.74) is 6.09. The summed E-state index contributed by atoms with van der Waals surface area (Å²) < 4.78 is 13.5. The van der Waals surface area contributed by atoms with E-state index in [4.69, 9.17) is 5.73 Å². The number of benzene rings is 2. The first-order chi connectivity index (χ1) is 11.5.